The zero-order valence-corrected chi connectivity index (χ0v) is 15.5. The topological polar surface area (TPSA) is 103 Å². The van der Waals surface area contributed by atoms with E-state index in [1.165, 1.54) is 0 Å². The number of hydrogen-bond acceptors (Lipinski definition) is 7. The number of amides is 1. The Morgan fingerprint density at radius 1 is 1.38 bits per heavy atom. The second-order valence-electron chi connectivity index (χ2n) is 7.02. The van der Waals surface area contributed by atoms with Gasteiger partial charge in [-0.05, 0) is 25.8 Å². The first kappa shape index (κ1) is 18.4. The fraction of sp³-hybridized carbons (Fsp3) is 0.611. The molecule has 8 heteroatoms. The molecule has 0 aliphatic carbocycles. The molecule has 3 heterocycles. The maximum Gasteiger partial charge on any atom is 0.220 e. The summed E-state index contributed by atoms with van der Waals surface area (Å²) in [6.45, 7) is 7.06. The van der Waals surface area contributed by atoms with Gasteiger partial charge in [0.15, 0.2) is 5.82 Å². The second-order valence-corrected chi connectivity index (χ2v) is 7.02. The Labute approximate surface area is 152 Å². The van der Waals surface area contributed by atoms with E-state index < -0.39 is 5.60 Å². The molecule has 0 unspecified atom stereocenters. The van der Waals surface area contributed by atoms with Crippen LogP contribution in [0.5, 0.6) is 0 Å². The quantitative estimate of drug-likeness (QED) is 0.808. The van der Waals surface area contributed by atoms with Crippen LogP contribution in [0.15, 0.2) is 16.7 Å². The first-order valence-electron chi connectivity index (χ1n) is 9.01. The fourth-order valence-electron chi connectivity index (χ4n) is 2.80. The highest BCUT2D eigenvalue weighted by Crippen LogP contribution is 2.33. The Kier molecular flexibility index (Phi) is 5.61. The van der Waals surface area contributed by atoms with Crippen molar-refractivity contribution in [3.05, 3.63) is 35.6 Å². The summed E-state index contributed by atoms with van der Waals surface area (Å²) in [7, 11) is 0. The lowest BCUT2D eigenvalue weighted by molar-refractivity contribution is -0.121. The second kappa shape index (κ2) is 7.90. The lowest BCUT2D eigenvalue weighted by Crippen LogP contribution is -2.26. The molecule has 2 aromatic heterocycles. The molecule has 1 saturated heterocycles. The molecule has 3 rings (SSSR count). The monoisotopic (exact) mass is 359 g/mol. The maximum atomic E-state index is 12.1. The van der Waals surface area contributed by atoms with Gasteiger partial charge in [0.2, 0.25) is 17.7 Å². The normalized spacial score (nSPS) is 19.8. The molecule has 1 amide bonds. The van der Waals surface area contributed by atoms with Gasteiger partial charge in [-0.1, -0.05) is 13.8 Å². The summed E-state index contributed by atoms with van der Waals surface area (Å²) in [5.41, 5.74) is 0.339. The van der Waals surface area contributed by atoms with E-state index in [-0.39, 0.29) is 11.8 Å². The van der Waals surface area contributed by atoms with Crippen molar-refractivity contribution < 1.29 is 13.9 Å². The van der Waals surface area contributed by atoms with Crippen molar-refractivity contribution >= 4 is 5.91 Å². The summed E-state index contributed by atoms with van der Waals surface area (Å²) >= 11 is 0. The molecule has 1 fully saturated rings. The van der Waals surface area contributed by atoms with Crippen LogP contribution < -0.4 is 5.32 Å². The van der Waals surface area contributed by atoms with Crippen molar-refractivity contribution in [1.82, 2.24) is 25.5 Å². The molecular weight excluding hydrogens is 334 g/mol. The van der Waals surface area contributed by atoms with Crippen LogP contribution in [0.1, 0.15) is 69.3 Å². The highest BCUT2D eigenvalue weighted by Gasteiger charge is 2.34. The summed E-state index contributed by atoms with van der Waals surface area (Å²) in [4.78, 5) is 20.9. The number of carbonyl (C=O) groups excluding carboxylic acids is 1. The molecule has 0 spiro atoms. The minimum atomic E-state index is -0.425. The summed E-state index contributed by atoms with van der Waals surface area (Å²) in [5, 5.41) is 10.8. The van der Waals surface area contributed by atoms with Gasteiger partial charge in [0, 0.05) is 31.6 Å². The number of hydrogen-bond donors (Lipinski definition) is 1. The third kappa shape index (κ3) is 4.43. The largest absolute Gasteiger partial charge is 0.425 e. The van der Waals surface area contributed by atoms with Gasteiger partial charge in [-0.15, -0.1) is 10.2 Å². The van der Waals surface area contributed by atoms with Gasteiger partial charge < -0.3 is 14.5 Å². The lowest BCUT2D eigenvalue weighted by atomic mass is 10.0. The van der Waals surface area contributed by atoms with Gasteiger partial charge in [-0.3, -0.25) is 4.79 Å². The van der Waals surface area contributed by atoms with Crippen LogP contribution in [0, 0.1) is 0 Å². The lowest BCUT2D eigenvalue weighted by Gasteiger charge is -2.21. The Balaban J connectivity index is 1.49. The minimum Gasteiger partial charge on any atom is -0.425 e. The van der Waals surface area contributed by atoms with Crippen molar-refractivity contribution in [2.75, 3.05) is 6.61 Å². The number of ether oxygens (including phenoxy) is 1. The van der Waals surface area contributed by atoms with E-state index in [1.54, 1.807) is 12.3 Å². The third-order valence-electron chi connectivity index (χ3n) is 4.41. The first-order valence-corrected chi connectivity index (χ1v) is 9.01. The van der Waals surface area contributed by atoms with Crippen LogP contribution in [0.25, 0.3) is 0 Å². The number of carbonyl (C=O) groups is 1. The van der Waals surface area contributed by atoms with Crippen LogP contribution in [-0.4, -0.2) is 32.7 Å². The zero-order valence-electron chi connectivity index (χ0n) is 15.5. The maximum absolute atomic E-state index is 12.1. The molecule has 26 heavy (non-hydrogen) atoms. The number of aryl methyl sites for hydroxylation is 1. The van der Waals surface area contributed by atoms with E-state index in [1.807, 2.05) is 20.8 Å². The standard InChI is InChI=1S/C18H25N5O3/c1-12(2)16-23-22-15(26-16)6-5-14(24)20-11-13-7-9-19-17(21-13)18(3)8-4-10-25-18/h7,9,12H,4-6,8,10-11H2,1-3H3,(H,20,24)/t18-/m0/s1. The van der Waals surface area contributed by atoms with Gasteiger partial charge in [-0.25, -0.2) is 9.97 Å². The SMILES string of the molecule is CC(C)c1nnc(CCC(=O)NCc2ccnc([C@]3(C)CCCO3)n2)o1. The van der Waals surface area contributed by atoms with Crippen molar-refractivity contribution in [3.8, 4) is 0 Å². The first-order chi connectivity index (χ1) is 12.5. The zero-order chi connectivity index (χ0) is 18.6. The Morgan fingerprint density at radius 2 is 2.23 bits per heavy atom. The van der Waals surface area contributed by atoms with Gasteiger partial charge in [0.1, 0.15) is 5.60 Å². The Morgan fingerprint density at radius 3 is 2.92 bits per heavy atom. The molecule has 0 bridgehead atoms. The van der Waals surface area contributed by atoms with Gasteiger partial charge in [0.05, 0.1) is 12.2 Å². The van der Waals surface area contributed by atoms with Crippen LogP contribution >= 0.6 is 0 Å². The van der Waals surface area contributed by atoms with Gasteiger partial charge in [-0.2, -0.15) is 0 Å². The van der Waals surface area contributed by atoms with Gasteiger partial charge >= 0.3 is 0 Å². The van der Waals surface area contributed by atoms with Crippen molar-refractivity contribution in [1.29, 1.82) is 0 Å². The minimum absolute atomic E-state index is 0.0854. The molecule has 0 saturated carbocycles. The molecule has 0 aromatic carbocycles. The van der Waals surface area contributed by atoms with Crippen molar-refractivity contribution in [2.24, 2.45) is 0 Å². The van der Waals surface area contributed by atoms with Crippen LogP contribution in [0.4, 0.5) is 0 Å². The highest BCUT2D eigenvalue weighted by atomic mass is 16.5. The average Bonchev–Trinajstić information content (AvgIpc) is 3.28. The average molecular weight is 359 g/mol. The van der Waals surface area contributed by atoms with E-state index >= 15 is 0 Å². The van der Waals surface area contributed by atoms with Crippen LogP contribution in [0.2, 0.25) is 0 Å². The molecule has 1 aliphatic heterocycles. The molecule has 1 N–H and O–H groups in total. The van der Waals surface area contributed by atoms with Gasteiger partial charge in [0.25, 0.3) is 0 Å². The number of aromatic nitrogens is 4. The summed E-state index contributed by atoms with van der Waals surface area (Å²) in [5.74, 6) is 1.85. The van der Waals surface area contributed by atoms with E-state index in [9.17, 15) is 4.79 Å². The molecule has 0 radical (unpaired) electrons. The predicted molar refractivity (Wildman–Crippen MR) is 93.1 cm³/mol. The summed E-state index contributed by atoms with van der Waals surface area (Å²) < 4.78 is 11.3. The summed E-state index contributed by atoms with van der Waals surface area (Å²) in [6.07, 6.45) is 4.34. The Bertz CT molecular complexity index is 753. The highest BCUT2D eigenvalue weighted by molar-refractivity contribution is 5.75. The van der Waals surface area contributed by atoms with Crippen LogP contribution in [0.3, 0.4) is 0 Å². The number of nitrogens with zero attached hydrogens (tertiary/aromatic N) is 4. The van der Waals surface area contributed by atoms with E-state index in [4.69, 9.17) is 9.15 Å². The Hall–Kier alpha value is -2.35. The third-order valence-corrected chi connectivity index (χ3v) is 4.41. The fourth-order valence-corrected chi connectivity index (χ4v) is 2.80. The molecular formula is C18H25N5O3. The smallest absolute Gasteiger partial charge is 0.220 e. The van der Waals surface area contributed by atoms with E-state index in [0.29, 0.717) is 37.0 Å². The van der Waals surface area contributed by atoms with Crippen molar-refractivity contribution in [2.45, 2.75) is 64.5 Å². The predicted octanol–water partition coefficient (Wildman–Crippen LogP) is 2.26. The van der Waals surface area contributed by atoms with E-state index in [2.05, 4.69) is 25.5 Å². The molecule has 2 aromatic rings. The molecule has 8 nitrogen and oxygen atoms in total. The number of nitrogens with one attached hydrogen (secondary N) is 1. The number of rotatable bonds is 7. The van der Waals surface area contributed by atoms with Crippen molar-refractivity contribution in [3.63, 3.8) is 0 Å². The molecule has 1 aliphatic rings. The molecule has 1 atom stereocenters. The summed E-state index contributed by atoms with van der Waals surface area (Å²) in [6, 6.07) is 1.80. The molecule has 140 valence electrons. The van der Waals surface area contributed by atoms with Crippen LogP contribution in [-0.2, 0) is 28.1 Å². The van der Waals surface area contributed by atoms with E-state index in [0.717, 1.165) is 25.1 Å².